The zero-order chi connectivity index (χ0) is 9.94. The van der Waals surface area contributed by atoms with Gasteiger partial charge in [0.1, 0.15) is 0 Å². The van der Waals surface area contributed by atoms with Gasteiger partial charge >= 0.3 is 6.21 Å². The zero-order valence-electron chi connectivity index (χ0n) is 8.33. The predicted octanol–water partition coefficient (Wildman–Crippen LogP) is 2.61. The highest BCUT2D eigenvalue weighted by atomic mass is 16.1. The van der Waals surface area contributed by atoms with E-state index in [9.17, 15) is 4.79 Å². The van der Waals surface area contributed by atoms with Crippen LogP contribution in [0.5, 0.6) is 0 Å². The smallest absolute Gasteiger partial charge is 0.323 e. The molecule has 0 atom stereocenters. The third-order valence-electron chi connectivity index (χ3n) is 1.98. The van der Waals surface area contributed by atoms with E-state index < -0.39 is 0 Å². The van der Waals surface area contributed by atoms with Crippen molar-refractivity contribution in [2.45, 2.75) is 51.9 Å². The molecule has 0 fully saturated rings. The lowest BCUT2D eigenvalue weighted by Gasteiger charge is -1.96. The van der Waals surface area contributed by atoms with Crippen LogP contribution in [0.4, 0.5) is 0 Å². The maximum absolute atomic E-state index is 10.8. The van der Waals surface area contributed by atoms with Crippen molar-refractivity contribution in [1.82, 2.24) is 0 Å². The van der Waals surface area contributed by atoms with Crippen LogP contribution in [0, 0.1) is 0 Å². The molecule has 0 aromatic carbocycles. The number of carbonyl (C=O) groups excluding carboxylic acids is 1. The average Bonchev–Trinajstić information content (AvgIpc) is 2.11. The second kappa shape index (κ2) is 9.14. The molecular formula is C10H18N2O. The molecule has 0 aromatic rings. The Balaban J connectivity index is 3.16. The van der Waals surface area contributed by atoms with E-state index in [4.69, 9.17) is 5.53 Å². The first-order chi connectivity index (χ1) is 6.31. The number of nitrogens with zero attached hydrogens (tertiary/aromatic N) is 2. The molecule has 3 nitrogen and oxygen atoms in total. The molecule has 0 saturated carbocycles. The molecule has 0 radical (unpaired) electrons. The Bertz CT molecular complexity index is 183. The summed E-state index contributed by atoms with van der Waals surface area (Å²) in [5.41, 5.74) is 8.06. The third-order valence-corrected chi connectivity index (χ3v) is 1.98. The van der Waals surface area contributed by atoms with Crippen molar-refractivity contribution < 1.29 is 9.58 Å². The van der Waals surface area contributed by atoms with E-state index in [0.29, 0.717) is 6.42 Å². The molecule has 0 saturated heterocycles. The first kappa shape index (κ1) is 12.0. The lowest BCUT2D eigenvalue weighted by molar-refractivity contribution is -0.116. The molecule has 0 rings (SSSR count). The molecule has 0 aliphatic carbocycles. The molecular weight excluding hydrogens is 164 g/mol. The number of ketones is 1. The Labute approximate surface area is 79.8 Å². The monoisotopic (exact) mass is 182 g/mol. The Hall–Kier alpha value is -0.950. The number of unbranched alkanes of at least 4 members (excludes halogenated alkanes) is 5. The highest BCUT2D eigenvalue weighted by Gasteiger charge is 2.00. The van der Waals surface area contributed by atoms with E-state index in [0.717, 1.165) is 19.1 Å². The number of carbonyl (C=O) groups is 1. The zero-order valence-corrected chi connectivity index (χ0v) is 8.33. The fraction of sp³-hybridized carbons (Fsp3) is 0.800. The Kier molecular flexibility index (Phi) is 8.47. The van der Waals surface area contributed by atoms with Crippen LogP contribution in [0.15, 0.2) is 0 Å². The summed E-state index contributed by atoms with van der Waals surface area (Å²) < 4.78 is 0. The minimum atomic E-state index is -0.0852. The summed E-state index contributed by atoms with van der Waals surface area (Å²) in [6.07, 6.45) is 8.50. The molecule has 3 heteroatoms. The molecule has 74 valence electrons. The first-order valence-corrected chi connectivity index (χ1v) is 5.01. The highest BCUT2D eigenvalue weighted by molar-refractivity contribution is 6.25. The van der Waals surface area contributed by atoms with Gasteiger partial charge in [0, 0.05) is 6.42 Å². The fourth-order valence-electron chi connectivity index (χ4n) is 1.21. The van der Waals surface area contributed by atoms with Gasteiger partial charge in [-0.3, -0.25) is 4.79 Å². The van der Waals surface area contributed by atoms with Crippen molar-refractivity contribution in [3.05, 3.63) is 5.53 Å². The molecule has 0 aromatic heterocycles. The molecule has 13 heavy (non-hydrogen) atoms. The summed E-state index contributed by atoms with van der Waals surface area (Å²) in [7, 11) is 0. The van der Waals surface area contributed by atoms with E-state index in [-0.39, 0.29) is 5.78 Å². The maximum atomic E-state index is 10.8. The van der Waals surface area contributed by atoms with Gasteiger partial charge in [-0.2, -0.15) is 4.79 Å². The van der Waals surface area contributed by atoms with E-state index >= 15 is 0 Å². The van der Waals surface area contributed by atoms with Crippen molar-refractivity contribution in [2.24, 2.45) is 0 Å². The number of hydrogen-bond donors (Lipinski definition) is 0. The van der Waals surface area contributed by atoms with Crippen LogP contribution in [0.3, 0.4) is 0 Å². The van der Waals surface area contributed by atoms with Gasteiger partial charge in [0.15, 0.2) is 0 Å². The second-order valence-electron chi connectivity index (χ2n) is 3.23. The average molecular weight is 182 g/mol. The van der Waals surface area contributed by atoms with Gasteiger partial charge < -0.3 is 5.53 Å². The molecule has 0 aliphatic rings. The van der Waals surface area contributed by atoms with Crippen LogP contribution >= 0.6 is 0 Å². The summed E-state index contributed by atoms with van der Waals surface area (Å²) in [6, 6.07) is 0. The SMILES string of the molecule is CCCCCCCCC(=O)C=[N+]=[N-]. The predicted molar refractivity (Wildman–Crippen MR) is 52.7 cm³/mol. The standard InChI is InChI=1S/C10H18N2O/c1-2-3-4-5-6-7-8-10(13)9-12-11/h9H,2-8H2,1H3. The summed E-state index contributed by atoms with van der Waals surface area (Å²) in [5, 5.41) is 0. The van der Waals surface area contributed by atoms with E-state index in [1.165, 1.54) is 25.7 Å². The number of hydrogen-bond acceptors (Lipinski definition) is 1. The van der Waals surface area contributed by atoms with Crippen molar-refractivity contribution in [3.63, 3.8) is 0 Å². The van der Waals surface area contributed by atoms with E-state index in [1.807, 2.05) is 0 Å². The van der Waals surface area contributed by atoms with Gasteiger partial charge in [0.05, 0.1) is 0 Å². The Morgan fingerprint density at radius 1 is 1.23 bits per heavy atom. The molecule has 0 amide bonds. The molecule has 0 spiro atoms. The van der Waals surface area contributed by atoms with Crippen LogP contribution in [0.1, 0.15) is 51.9 Å². The summed E-state index contributed by atoms with van der Waals surface area (Å²) in [4.78, 5) is 13.5. The van der Waals surface area contributed by atoms with Crippen molar-refractivity contribution in [1.29, 1.82) is 0 Å². The van der Waals surface area contributed by atoms with Crippen molar-refractivity contribution in [3.8, 4) is 0 Å². The number of rotatable bonds is 8. The minimum absolute atomic E-state index is 0.0852. The number of Topliss-reactive ketones (excluding diaryl/α,β-unsaturated/α-hetero) is 1. The van der Waals surface area contributed by atoms with Gasteiger partial charge in [0.2, 0.25) is 5.78 Å². The molecule has 0 unspecified atom stereocenters. The highest BCUT2D eigenvalue weighted by Crippen LogP contribution is 2.06. The van der Waals surface area contributed by atoms with Crippen molar-refractivity contribution in [2.75, 3.05) is 0 Å². The molecule has 0 bridgehead atoms. The van der Waals surface area contributed by atoms with Gasteiger partial charge in [0.25, 0.3) is 0 Å². The Morgan fingerprint density at radius 3 is 2.46 bits per heavy atom. The fourth-order valence-corrected chi connectivity index (χ4v) is 1.21. The maximum Gasteiger partial charge on any atom is 0.323 e. The van der Waals surface area contributed by atoms with Gasteiger partial charge in [-0.25, -0.2) is 0 Å². The second-order valence-corrected chi connectivity index (χ2v) is 3.23. The third kappa shape index (κ3) is 8.96. The van der Waals surface area contributed by atoms with Crippen LogP contribution in [0.25, 0.3) is 5.53 Å². The molecule has 0 aliphatic heterocycles. The Morgan fingerprint density at radius 2 is 1.85 bits per heavy atom. The summed E-state index contributed by atoms with van der Waals surface area (Å²) >= 11 is 0. The van der Waals surface area contributed by atoms with Gasteiger partial charge in [-0.1, -0.05) is 39.0 Å². The van der Waals surface area contributed by atoms with Crippen LogP contribution in [-0.2, 0) is 4.79 Å². The van der Waals surface area contributed by atoms with Gasteiger partial charge in [-0.15, -0.1) is 0 Å². The molecule has 0 N–H and O–H groups in total. The van der Waals surface area contributed by atoms with Crippen LogP contribution < -0.4 is 0 Å². The summed E-state index contributed by atoms with van der Waals surface area (Å²) in [5.74, 6) is -0.0852. The quantitative estimate of drug-likeness (QED) is 0.246. The molecule has 0 heterocycles. The van der Waals surface area contributed by atoms with Crippen LogP contribution in [-0.4, -0.2) is 16.8 Å². The van der Waals surface area contributed by atoms with Crippen molar-refractivity contribution >= 4 is 12.0 Å². The van der Waals surface area contributed by atoms with E-state index in [1.54, 1.807) is 0 Å². The minimum Gasteiger partial charge on any atom is -0.361 e. The van der Waals surface area contributed by atoms with E-state index in [2.05, 4.69) is 11.7 Å². The lowest BCUT2D eigenvalue weighted by atomic mass is 10.1. The van der Waals surface area contributed by atoms with Gasteiger partial charge in [-0.05, 0) is 6.42 Å². The lowest BCUT2D eigenvalue weighted by Crippen LogP contribution is -1.98. The van der Waals surface area contributed by atoms with Crippen LogP contribution in [0.2, 0.25) is 0 Å². The largest absolute Gasteiger partial charge is 0.361 e. The first-order valence-electron chi connectivity index (χ1n) is 5.01. The summed E-state index contributed by atoms with van der Waals surface area (Å²) in [6.45, 7) is 2.18. The normalized spacial score (nSPS) is 9.31. The topological polar surface area (TPSA) is 53.5 Å².